The Bertz CT molecular complexity index is 172. The maximum absolute atomic E-state index is 10.9. The highest BCUT2D eigenvalue weighted by molar-refractivity contribution is 5.71. The second-order valence-electron chi connectivity index (χ2n) is 3.29. The van der Waals surface area contributed by atoms with Crippen LogP contribution in [-0.2, 0) is 9.53 Å². The molecular formula is C9H17NO3. The quantitative estimate of drug-likeness (QED) is 0.611. The number of ether oxygens (including phenoxy) is 1. The van der Waals surface area contributed by atoms with E-state index in [4.69, 9.17) is 4.74 Å². The van der Waals surface area contributed by atoms with Crippen molar-refractivity contribution < 1.29 is 14.6 Å². The standard InChI is InChI=1S/C9H17NO3/c1-2-13-9(12)6-10-7-4-3-5-8(7)11/h7-8,10-11H,2-6H2,1H3. The van der Waals surface area contributed by atoms with E-state index in [0.29, 0.717) is 6.61 Å². The van der Waals surface area contributed by atoms with E-state index in [0.717, 1.165) is 19.3 Å². The molecule has 2 atom stereocenters. The van der Waals surface area contributed by atoms with Gasteiger partial charge in [0.25, 0.3) is 0 Å². The smallest absolute Gasteiger partial charge is 0.319 e. The molecule has 0 heterocycles. The van der Waals surface area contributed by atoms with Crippen molar-refractivity contribution in [3.05, 3.63) is 0 Å². The lowest BCUT2D eigenvalue weighted by Crippen LogP contribution is -2.39. The van der Waals surface area contributed by atoms with Crippen LogP contribution in [0.5, 0.6) is 0 Å². The van der Waals surface area contributed by atoms with Gasteiger partial charge in [-0.05, 0) is 26.2 Å². The molecule has 13 heavy (non-hydrogen) atoms. The monoisotopic (exact) mass is 187 g/mol. The first-order chi connectivity index (χ1) is 6.24. The molecule has 1 fully saturated rings. The van der Waals surface area contributed by atoms with Crippen LogP contribution in [0.25, 0.3) is 0 Å². The molecule has 0 spiro atoms. The molecule has 0 aromatic rings. The van der Waals surface area contributed by atoms with Crippen LogP contribution >= 0.6 is 0 Å². The van der Waals surface area contributed by atoms with Gasteiger partial charge in [-0.25, -0.2) is 0 Å². The SMILES string of the molecule is CCOC(=O)CNC1CCCC1O. The van der Waals surface area contributed by atoms with Gasteiger partial charge in [-0.1, -0.05) is 0 Å². The molecule has 1 aliphatic rings. The zero-order valence-electron chi connectivity index (χ0n) is 7.95. The summed E-state index contributed by atoms with van der Waals surface area (Å²) in [6, 6.07) is 0.0735. The van der Waals surface area contributed by atoms with E-state index < -0.39 is 0 Å². The summed E-state index contributed by atoms with van der Waals surface area (Å²) in [5.41, 5.74) is 0. The minimum atomic E-state index is -0.297. The molecule has 1 saturated carbocycles. The summed E-state index contributed by atoms with van der Waals surface area (Å²) in [4.78, 5) is 10.9. The molecular weight excluding hydrogens is 170 g/mol. The summed E-state index contributed by atoms with van der Waals surface area (Å²) in [7, 11) is 0. The third-order valence-electron chi connectivity index (χ3n) is 2.29. The molecule has 2 N–H and O–H groups in total. The molecule has 0 saturated heterocycles. The summed E-state index contributed by atoms with van der Waals surface area (Å²) < 4.78 is 4.75. The number of aliphatic hydroxyl groups is 1. The van der Waals surface area contributed by atoms with Gasteiger partial charge in [-0.15, -0.1) is 0 Å². The van der Waals surface area contributed by atoms with Crippen LogP contribution in [-0.4, -0.2) is 36.4 Å². The molecule has 1 aliphatic carbocycles. The maximum Gasteiger partial charge on any atom is 0.319 e. The lowest BCUT2D eigenvalue weighted by atomic mass is 10.2. The van der Waals surface area contributed by atoms with E-state index >= 15 is 0 Å². The van der Waals surface area contributed by atoms with Crippen LogP contribution < -0.4 is 5.32 Å². The van der Waals surface area contributed by atoms with Gasteiger partial charge in [0.05, 0.1) is 19.3 Å². The van der Waals surface area contributed by atoms with Crippen molar-refractivity contribution in [2.75, 3.05) is 13.2 Å². The number of carbonyl (C=O) groups is 1. The Morgan fingerprint density at radius 2 is 2.38 bits per heavy atom. The Labute approximate surface area is 78.3 Å². The van der Waals surface area contributed by atoms with Crippen LogP contribution in [0.2, 0.25) is 0 Å². The summed E-state index contributed by atoms with van der Waals surface area (Å²) in [5, 5.41) is 12.4. The first-order valence-electron chi connectivity index (χ1n) is 4.81. The number of nitrogens with one attached hydrogen (secondary N) is 1. The first-order valence-corrected chi connectivity index (χ1v) is 4.81. The molecule has 0 aromatic heterocycles. The first kappa shape index (κ1) is 10.5. The van der Waals surface area contributed by atoms with Crippen LogP contribution in [0.1, 0.15) is 26.2 Å². The fraction of sp³-hybridized carbons (Fsp3) is 0.889. The predicted molar refractivity (Wildman–Crippen MR) is 48.3 cm³/mol. The van der Waals surface area contributed by atoms with Gasteiger partial charge in [-0.3, -0.25) is 4.79 Å². The van der Waals surface area contributed by atoms with E-state index in [1.165, 1.54) is 0 Å². The molecule has 2 unspecified atom stereocenters. The highest BCUT2D eigenvalue weighted by Crippen LogP contribution is 2.18. The van der Waals surface area contributed by atoms with E-state index in [2.05, 4.69) is 5.32 Å². The summed E-state index contributed by atoms with van der Waals surface area (Å²) >= 11 is 0. The van der Waals surface area contributed by atoms with Crippen molar-refractivity contribution in [1.82, 2.24) is 5.32 Å². The van der Waals surface area contributed by atoms with Gasteiger partial charge in [0.2, 0.25) is 0 Å². The summed E-state index contributed by atoms with van der Waals surface area (Å²) in [5.74, 6) is -0.249. The van der Waals surface area contributed by atoms with Crippen molar-refractivity contribution in [3.8, 4) is 0 Å². The van der Waals surface area contributed by atoms with Crippen LogP contribution in [0, 0.1) is 0 Å². The zero-order valence-corrected chi connectivity index (χ0v) is 7.95. The van der Waals surface area contributed by atoms with Gasteiger partial charge < -0.3 is 15.2 Å². The van der Waals surface area contributed by atoms with Crippen LogP contribution in [0.15, 0.2) is 0 Å². The molecule has 0 amide bonds. The van der Waals surface area contributed by atoms with E-state index in [1.54, 1.807) is 6.92 Å². The largest absolute Gasteiger partial charge is 0.465 e. The maximum atomic E-state index is 10.9. The number of hydrogen-bond donors (Lipinski definition) is 2. The molecule has 76 valence electrons. The van der Waals surface area contributed by atoms with Gasteiger partial charge in [0, 0.05) is 6.04 Å². The third-order valence-corrected chi connectivity index (χ3v) is 2.29. The zero-order chi connectivity index (χ0) is 9.68. The molecule has 4 heteroatoms. The van der Waals surface area contributed by atoms with Crippen LogP contribution in [0.3, 0.4) is 0 Å². The molecule has 0 aromatic carbocycles. The molecule has 1 rings (SSSR count). The number of rotatable bonds is 4. The molecule has 0 aliphatic heterocycles. The Kier molecular flexibility index (Phi) is 4.18. The Balaban J connectivity index is 2.14. The van der Waals surface area contributed by atoms with Crippen LogP contribution in [0.4, 0.5) is 0 Å². The molecule has 0 radical (unpaired) electrons. The van der Waals surface area contributed by atoms with E-state index in [-0.39, 0.29) is 24.7 Å². The van der Waals surface area contributed by atoms with Gasteiger partial charge >= 0.3 is 5.97 Å². The van der Waals surface area contributed by atoms with Gasteiger partial charge in [0.1, 0.15) is 0 Å². The fourth-order valence-corrected chi connectivity index (χ4v) is 1.61. The minimum Gasteiger partial charge on any atom is -0.465 e. The Morgan fingerprint density at radius 1 is 1.62 bits per heavy atom. The van der Waals surface area contributed by atoms with Gasteiger partial charge in [0.15, 0.2) is 0 Å². The normalized spacial score (nSPS) is 27.5. The van der Waals surface area contributed by atoms with E-state index in [9.17, 15) is 9.90 Å². The topological polar surface area (TPSA) is 58.6 Å². The summed E-state index contributed by atoms with van der Waals surface area (Å²) in [6.07, 6.45) is 2.51. The lowest BCUT2D eigenvalue weighted by molar-refractivity contribution is -0.142. The number of hydrogen-bond acceptors (Lipinski definition) is 4. The number of aliphatic hydroxyl groups excluding tert-OH is 1. The van der Waals surface area contributed by atoms with Crippen molar-refractivity contribution in [3.63, 3.8) is 0 Å². The van der Waals surface area contributed by atoms with Crippen molar-refractivity contribution >= 4 is 5.97 Å². The van der Waals surface area contributed by atoms with Gasteiger partial charge in [-0.2, -0.15) is 0 Å². The second kappa shape index (κ2) is 5.19. The number of carbonyl (C=O) groups excluding carboxylic acids is 1. The third kappa shape index (κ3) is 3.32. The fourth-order valence-electron chi connectivity index (χ4n) is 1.61. The average molecular weight is 187 g/mol. The lowest BCUT2D eigenvalue weighted by Gasteiger charge is -2.15. The van der Waals surface area contributed by atoms with Crippen molar-refractivity contribution in [2.24, 2.45) is 0 Å². The summed E-state index contributed by atoms with van der Waals surface area (Å²) in [6.45, 7) is 2.39. The van der Waals surface area contributed by atoms with Crippen molar-refractivity contribution in [1.29, 1.82) is 0 Å². The average Bonchev–Trinajstić information content (AvgIpc) is 2.48. The Morgan fingerprint density at radius 3 is 2.92 bits per heavy atom. The van der Waals surface area contributed by atoms with Crippen molar-refractivity contribution in [2.45, 2.75) is 38.3 Å². The molecule has 0 bridgehead atoms. The van der Waals surface area contributed by atoms with E-state index in [1.807, 2.05) is 0 Å². The highest BCUT2D eigenvalue weighted by Gasteiger charge is 2.24. The highest BCUT2D eigenvalue weighted by atomic mass is 16.5. The predicted octanol–water partition coefficient (Wildman–Crippen LogP) is 0.0525. The Hall–Kier alpha value is -0.610. The minimum absolute atomic E-state index is 0.0735. The second-order valence-corrected chi connectivity index (χ2v) is 3.29. The number of esters is 1. The molecule has 4 nitrogen and oxygen atoms in total.